The van der Waals surface area contributed by atoms with Gasteiger partial charge in [0.15, 0.2) is 0 Å². The predicted octanol–water partition coefficient (Wildman–Crippen LogP) is 4.87. The summed E-state index contributed by atoms with van der Waals surface area (Å²) in [4.78, 5) is 0. The van der Waals surface area contributed by atoms with Crippen molar-refractivity contribution in [2.75, 3.05) is 0 Å². The molecule has 1 unspecified atom stereocenters. The lowest BCUT2D eigenvalue weighted by molar-refractivity contribution is 0.663. The van der Waals surface area contributed by atoms with Gasteiger partial charge in [0, 0.05) is 20.6 Å². The molecule has 0 bridgehead atoms. The highest BCUT2D eigenvalue weighted by Crippen LogP contribution is 2.23. The highest BCUT2D eigenvalue weighted by Gasteiger charge is 2.10. The molecule has 0 aliphatic rings. The lowest BCUT2D eigenvalue weighted by Gasteiger charge is -2.14. The zero-order chi connectivity index (χ0) is 13.8. The molecule has 0 fully saturated rings. The van der Waals surface area contributed by atoms with Gasteiger partial charge in [-0.2, -0.15) is 0 Å². The molecular weight excluding hydrogens is 345 g/mol. The van der Waals surface area contributed by atoms with E-state index in [-0.39, 0.29) is 6.04 Å². The highest BCUT2D eigenvalue weighted by molar-refractivity contribution is 9.10. The molecule has 0 radical (unpaired) electrons. The van der Waals surface area contributed by atoms with Gasteiger partial charge in [-0.3, -0.25) is 0 Å². The summed E-state index contributed by atoms with van der Waals surface area (Å²) >= 11 is 15.6. The van der Waals surface area contributed by atoms with Crippen LogP contribution in [-0.4, -0.2) is 6.04 Å². The van der Waals surface area contributed by atoms with Crippen molar-refractivity contribution in [3.8, 4) is 0 Å². The third kappa shape index (κ3) is 4.22. The Balaban J connectivity index is 2.05. The van der Waals surface area contributed by atoms with Crippen LogP contribution in [-0.2, 0) is 12.8 Å². The van der Waals surface area contributed by atoms with Gasteiger partial charge in [0.2, 0.25) is 0 Å². The second-order valence-corrected chi connectivity index (χ2v) is 6.19. The Bertz CT molecular complexity index is 572. The van der Waals surface area contributed by atoms with Crippen molar-refractivity contribution >= 4 is 39.1 Å². The Hall–Kier alpha value is -0.540. The largest absolute Gasteiger partial charge is 0.327 e. The van der Waals surface area contributed by atoms with Crippen LogP contribution in [0.5, 0.6) is 0 Å². The van der Waals surface area contributed by atoms with Crippen LogP contribution < -0.4 is 5.73 Å². The first-order chi connectivity index (χ1) is 9.06. The molecule has 0 amide bonds. The maximum atomic E-state index is 6.20. The van der Waals surface area contributed by atoms with Crippen molar-refractivity contribution in [1.29, 1.82) is 0 Å². The van der Waals surface area contributed by atoms with E-state index in [1.54, 1.807) is 6.07 Å². The average Bonchev–Trinajstić information content (AvgIpc) is 2.36. The molecule has 0 saturated heterocycles. The number of benzene rings is 2. The van der Waals surface area contributed by atoms with Crippen molar-refractivity contribution in [3.63, 3.8) is 0 Å². The fourth-order valence-electron chi connectivity index (χ4n) is 1.99. The average molecular weight is 359 g/mol. The Morgan fingerprint density at radius 1 is 1.00 bits per heavy atom. The maximum absolute atomic E-state index is 6.20. The van der Waals surface area contributed by atoms with E-state index in [4.69, 9.17) is 28.9 Å². The second-order valence-electron chi connectivity index (χ2n) is 4.50. The first-order valence-corrected chi connectivity index (χ1v) is 7.54. The smallest absolute Gasteiger partial charge is 0.0453 e. The quantitative estimate of drug-likeness (QED) is 0.828. The first-order valence-electron chi connectivity index (χ1n) is 5.99. The van der Waals surface area contributed by atoms with E-state index >= 15 is 0 Å². The molecule has 0 aliphatic carbocycles. The zero-order valence-electron chi connectivity index (χ0n) is 10.2. The third-order valence-corrected chi connectivity index (χ3v) is 4.30. The minimum absolute atomic E-state index is 0.0253. The number of nitrogens with two attached hydrogens (primary N) is 1. The van der Waals surface area contributed by atoms with Crippen molar-refractivity contribution in [2.24, 2.45) is 5.73 Å². The molecular formula is C15H14BrCl2N. The van der Waals surface area contributed by atoms with Crippen LogP contribution in [0.2, 0.25) is 10.0 Å². The monoisotopic (exact) mass is 357 g/mol. The molecule has 19 heavy (non-hydrogen) atoms. The minimum Gasteiger partial charge on any atom is -0.327 e. The first kappa shape index (κ1) is 14.9. The van der Waals surface area contributed by atoms with Crippen molar-refractivity contribution in [1.82, 2.24) is 0 Å². The van der Waals surface area contributed by atoms with Gasteiger partial charge in [-0.1, -0.05) is 63.4 Å². The number of hydrogen-bond donors (Lipinski definition) is 1. The van der Waals surface area contributed by atoms with Gasteiger partial charge < -0.3 is 5.73 Å². The minimum atomic E-state index is 0.0253. The zero-order valence-corrected chi connectivity index (χ0v) is 13.3. The van der Waals surface area contributed by atoms with Crippen LogP contribution in [0.1, 0.15) is 11.1 Å². The van der Waals surface area contributed by atoms with Crippen molar-refractivity contribution in [2.45, 2.75) is 18.9 Å². The summed E-state index contributed by atoms with van der Waals surface area (Å²) in [5.74, 6) is 0. The molecule has 4 heteroatoms. The highest BCUT2D eigenvalue weighted by atomic mass is 79.9. The normalized spacial score (nSPS) is 12.4. The van der Waals surface area contributed by atoms with Crippen molar-refractivity contribution < 1.29 is 0 Å². The van der Waals surface area contributed by atoms with E-state index in [0.29, 0.717) is 10.0 Å². The van der Waals surface area contributed by atoms with E-state index in [9.17, 15) is 0 Å². The molecule has 0 aliphatic heterocycles. The summed E-state index contributed by atoms with van der Waals surface area (Å²) in [5, 5.41) is 1.32. The van der Waals surface area contributed by atoms with Crippen LogP contribution >= 0.6 is 39.1 Å². The molecule has 100 valence electrons. The van der Waals surface area contributed by atoms with Crippen LogP contribution in [0, 0.1) is 0 Å². The molecule has 0 heterocycles. The van der Waals surface area contributed by atoms with Crippen molar-refractivity contribution in [3.05, 3.63) is 68.1 Å². The third-order valence-electron chi connectivity index (χ3n) is 2.94. The van der Waals surface area contributed by atoms with Gasteiger partial charge in [0.05, 0.1) is 0 Å². The maximum Gasteiger partial charge on any atom is 0.0453 e. The Kier molecular flexibility index (Phi) is 5.28. The standard InChI is InChI=1S/C15H14BrCl2N/c16-14-4-2-1-3-10(14)7-13(19)8-11-5-6-12(17)9-15(11)18/h1-6,9,13H,7-8,19H2. The molecule has 0 aromatic heterocycles. The van der Waals surface area contributed by atoms with E-state index in [0.717, 1.165) is 22.9 Å². The Morgan fingerprint density at radius 2 is 1.68 bits per heavy atom. The van der Waals surface area contributed by atoms with E-state index in [1.165, 1.54) is 5.56 Å². The topological polar surface area (TPSA) is 26.0 Å². The fourth-order valence-corrected chi connectivity index (χ4v) is 2.92. The summed E-state index contributed by atoms with van der Waals surface area (Å²) in [5.41, 5.74) is 8.44. The number of halogens is 3. The lowest BCUT2D eigenvalue weighted by Crippen LogP contribution is -2.25. The van der Waals surface area contributed by atoms with Crippen LogP contribution in [0.15, 0.2) is 46.9 Å². The molecule has 2 aromatic rings. The van der Waals surface area contributed by atoms with Gasteiger partial charge >= 0.3 is 0 Å². The number of rotatable bonds is 4. The molecule has 1 nitrogen and oxygen atoms in total. The Morgan fingerprint density at radius 3 is 2.37 bits per heavy atom. The molecule has 0 spiro atoms. The van der Waals surface area contributed by atoms with Gasteiger partial charge in [-0.15, -0.1) is 0 Å². The van der Waals surface area contributed by atoms with Gasteiger partial charge in [0.25, 0.3) is 0 Å². The summed E-state index contributed by atoms with van der Waals surface area (Å²) in [6.07, 6.45) is 1.54. The fraction of sp³-hybridized carbons (Fsp3) is 0.200. The van der Waals surface area contributed by atoms with Crippen LogP contribution in [0.3, 0.4) is 0 Å². The second kappa shape index (κ2) is 6.76. The van der Waals surface area contributed by atoms with Gasteiger partial charge in [-0.05, 0) is 42.2 Å². The molecule has 2 aromatic carbocycles. The summed E-state index contributed by atoms with van der Waals surface area (Å²) in [7, 11) is 0. The Labute approximate surface area is 131 Å². The van der Waals surface area contributed by atoms with Gasteiger partial charge in [0.1, 0.15) is 0 Å². The van der Waals surface area contributed by atoms with Crippen LogP contribution in [0.4, 0.5) is 0 Å². The summed E-state index contributed by atoms with van der Waals surface area (Å²) < 4.78 is 1.09. The van der Waals surface area contributed by atoms with E-state index < -0.39 is 0 Å². The van der Waals surface area contributed by atoms with Crippen LogP contribution in [0.25, 0.3) is 0 Å². The molecule has 2 rings (SSSR count). The van der Waals surface area contributed by atoms with Gasteiger partial charge in [-0.25, -0.2) is 0 Å². The lowest BCUT2D eigenvalue weighted by atomic mass is 10.00. The van der Waals surface area contributed by atoms with E-state index in [2.05, 4.69) is 22.0 Å². The molecule has 1 atom stereocenters. The van der Waals surface area contributed by atoms with E-state index in [1.807, 2.05) is 30.3 Å². The number of hydrogen-bond acceptors (Lipinski definition) is 1. The SMILES string of the molecule is NC(Cc1ccc(Cl)cc1Cl)Cc1ccccc1Br. The molecule has 0 saturated carbocycles. The summed E-state index contributed by atoms with van der Waals surface area (Å²) in [6, 6.07) is 13.7. The summed E-state index contributed by atoms with van der Waals surface area (Å²) in [6.45, 7) is 0. The molecule has 2 N–H and O–H groups in total. The predicted molar refractivity (Wildman–Crippen MR) is 86.0 cm³/mol.